The number of ether oxygens (including phenoxy) is 2. The molecule has 0 spiro atoms. The molecule has 0 fully saturated rings. The predicted octanol–water partition coefficient (Wildman–Crippen LogP) is 5.43. The molecule has 0 unspecified atom stereocenters. The highest BCUT2D eigenvalue weighted by Crippen LogP contribution is 2.21. The van der Waals surface area contributed by atoms with Crippen LogP contribution in [0.1, 0.15) is 47.1 Å². The molecule has 0 aliphatic rings. The Morgan fingerprint density at radius 2 is 1.58 bits per heavy atom. The number of hydrogen-bond acceptors (Lipinski definition) is 8. The SMILES string of the molecule is CCN(CC)CCOc1ccc(Nc2ncc(-c3ccc(CN[C@H](C)C(=O)OC(C)(C)C)cc3)cn2)cc1. The lowest BCUT2D eigenvalue weighted by molar-refractivity contribution is -0.157. The lowest BCUT2D eigenvalue weighted by Gasteiger charge is -2.22. The van der Waals surface area contributed by atoms with E-state index < -0.39 is 5.60 Å². The van der Waals surface area contributed by atoms with Crippen LogP contribution in [0.3, 0.4) is 0 Å². The van der Waals surface area contributed by atoms with Gasteiger partial charge in [-0.2, -0.15) is 0 Å². The van der Waals surface area contributed by atoms with E-state index in [0.29, 0.717) is 19.1 Å². The number of benzene rings is 2. The number of esters is 1. The fourth-order valence-corrected chi connectivity index (χ4v) is 3.70. The van der Waals surface area contributed by atoms with E-state index in [1.54, 1.807) is 12.4 Å². The molecule has 1 aromatic heterocycles. The van der Waals surface area contributed by atoms with E-state index in [1.165, 1.54) is 0 Å². The Labute approximate surface area is 226 Å². The average Bonchev–Trinajstić information content (AvgIpc) is 2.90. The Morgan fingerprint density at radius 3 is 2.16 bits per heavy atom. The molecule has 8 heteroatoms. The summed E-state index contributed by atoms with van der Waals surface area (Å²) in [5.41, 5.74) is 3.42. The molecule has 38 heavy (non-hydrogen) atoms. The van der Waals surface area contributed by atoms with Gasteiger partial charge in [-0.15, -0.1) is 0 Å². The monoisotopic (exact) mass is 519 g/mol. The number of nitrogens with one attached hydrogen (secondary N) is 2. The molecule has 0 aliphatic carbocycles. The predicted molar refractivity (Wildman–Crippen MR) is 153 cm³/mol. The van der Waals surface area contributed by atoms with Crippen LogP contribution in [-0.2, 0) is 16.1 Å². The van der Waals surface area contributed by atoms with E-state index in [0.717, 1.165) is 47.8 Å². The third-order valence-corrected chi connectivity index (χ3v) is 5.99. The van der Waals surface area contributed by atoms with Gasteiger partial charge in [0.25, 0.3) is 0 Å². The van der Waals surface area contributed by atoms with Gasteiger partial charge < -0.3 is 25.0 Å². The van der Waals surface area contributed by atoms with Crippen molar-refractivity contribution in [1.82, 2.24) is 20.2 Å². The van der Waals surface area contributed by atoms with Crippen molar-refractivity contribution < 1.29 is 14.3 Å². The van der Waals surface area contributed by atoms with Gasteiger partial charge in [0, 0.05) is 36.7 Å². The topological polar surface area (TPSA) is 88.6 Å². The highest BCUT2D eigenvalue weighted by atomic mass is 16.6. The molecule has 0 aliphatic heterocycles. The van der Waals surface area contributed by atoms with Crippen molar-refractivity contribution in [2.75, 3.05) is 31.6 Å². The lowest BCUT2D eigenvalue weighted by atomic mass is 10.1. The van der Waals surface area contributed by atoms with Gasteiger partial charge in [0.1, 0.15) is 24.0 Å². The van der Waals surface area contributed by atoms with Crippen molar-refractivity contribution in [1.29, 1.82) is 0 Å². The minimum Gasteiger partial charge on any atom is -0.492 e. The van der Waals surface area contributed by atoms with Gasteiger partial charge in [-0.1, -0.05) is 38.1 Å². The van der Waals surface area contributed by atoms with Crippen LogP contribution < -0.4 is 15.4 Å². The zero-order valence-corrected chi connectivity index (χ0v) is 23.5. The number of nitrogens with zero attached hydrogens (tertiary/aromatic N) is 3. The van der Waals surface area contributed by atoms with Crippen LogP contribution in [0.2, 0.25) is 0 Å². The number of anilines is 2. The third-order valence-electron chi connectivity index (χ3n) is 5.99. The molecule has 0 saturated heterocycles. The maximum atomic E-state index is 12.1. The third kappa shape index (κ3) is 9.43. The minimum absolute atomic E-state index is 0.255. The fourth-order valence-electron chi connectivity index (χ4n) is 3.70. The maximum Gasteiger partial charge on any atom is 0.323 e. The van der Waals surface area contributed by atoms with Crippen molar-refractivity contribution in [3.05, 3.63) is 66.5 Å². The number of likely N-dealkylation sites (N-methyl/N-ethyl adjacent to an activating group) is 1. The highest BCUT2D eigenvalue weighted by molar-refractivity contribution is 5.75. The van der Waals surface area contributed by atoms with Crippen LogP contribution in [0, 0.1) is 0 Å². The molecule has 2 N–H and O–H groups in total. The van der Waals surface area contributed by atoms with E-state index in [1.807, 2.05) is 76.2 Å². The maximum absolute atomic E-state index is 12.1. The summed E-state index contributed by atoms with van der Waals surface area (Å²) in [6.45, 7) is 15.9. The first-order valence-electron chi connectivity index (χ1n) is 13.3. The normalized spacial score (nSPS) is 12.3. The minimum atomic E-state index is -0.494. The Bertz CT molecular complexity index is 1120. The van der Waals surface area contributed by atoms with E-state index in [-0.39, 0.29) is 12.0 Å². The number of hydrogen-bond donors (Lipinski definition) is 2. The molecule has 1 heterocycles. The molecule has 0 bridgehead atoms. The van der Waals surface area contributed by atoms with Crippen molar-refractivity contribution in [2.45, 2.75) is 59.7 Å². The summed E-state index contributed by atoms with van der Waals surface area (Å²) in [6.07, 6.45) is 3.61. The number of rotatable bonds is 13. The van der Waals surface area contributed by atoms with Gasteiger partial charge in [-0.05, 0) is 76.2 Å². The van der Waals surface area contributed by atoms with E-state index in [4.69, 9.17) is 9.47 Å². The number of aromatic nitrogens is 2. The smallest absolute Gasteiger partial charge is 0.323 e. The van der Waals surface area contributed by atoms with Crippen LogP contribution in [0.15, 0.2) is 60.9 Å². The molecule has 2 aromatic carbocycles. The molecular weight excluding hydrogens is 478 g/mol. The highest BCUT2D eigenvalue weighted by Gasteiger charge is 2.21. The first-order chi connectivity index (χ1) is 18.2. The van der Waals surface area contributed by atoms with Crippen LogP contribution in [0.4, 0.5) is 11.6 Å². The van der Waals surface area contributed by atoms with Gasteiger partial charge >= 0.3 is 5.97 Å². The van der Waals surface area contributed by atoms with Gasteiger partial charge in [-0.25, -0.2) is 9.97 Å². The summed E-state index contributed by atoms with van der Waals surface area (Å²) >= 11 is 0. The van der Waals surface area contributed by atoms with Crippen molar-refractivity contribution >= 4 is 17.6 Å². The second-order valence-electron chi connectivity index (χ2n) is 10.2. The van der Waals surface area contributed by atoms with Gasteiger partial charge in [0.05, 0.1) is 0 Å². The summed E-state index contributed by atoms with van der Waals surface area (Å²) in [4.78, 5) is 23.4. The quantitative estimate of drug-likeness (QED) is 0.289. The van der Waals surface area contributed by atoms with Crippen LogP contribution in [0.5, 0.6) is 5.75 Å². The van der Waals surface area contributed by atoms with E-state index in [9.17, 15) is 4.79 Å². The second-order valence-corrected chi connectivity index (χ2v) is 10.2. The summed E-state index contributed by atoms with van der Waals surface area (Å²) in [7, 11) is 0. The van der Waals surface area contributed by atoms with Crippen molar-refractivity contribution in [3.8, 4) is 16.9 Å². The van der Waals surface area contributed by atoms with Crippen LogP contribution in [-0.4, -0.2) is 58.7 Å². The Morgan fingerprint density at radius 1 is 0.947 bits per heavy atom. The molecule has 0 radical (unpaired) electrons. The summed E-state index contributed by atoms with van der Waals surface area (Å²) < 4.78 is 11.3. The lowest BCUT2D eigenvalue weighted by Crippen LogP contribution is -2.38. The largest absolute Gasteiger partial charge is 0.492 e. The standard InChI is InChI=1S/C30H41N5O3/c1-7-35(8-2)17-18-37-27-15-13-26(14-16-27)34-29-32-20-25(21-33-29)24-11-9-23(10-12-24)19-31-22(3)28(36)38-30(4,5)6/h9-16,20-22,31H,7-8,17-19H2,1-6H3,(H,32,33,34)/t22-/m1/s1. The van der Waals surface area contributed by atoms with E-state index in [2.05, 4.69) is 39.3 Å². The summed E-state index contributed by atoms with van der Waals surface area (Å²) in [6, 6.07) is 15.5. The van der Waals surface area contributed by atoms with Gasteiger partial charge in [-0.3, -0.25) is 4.79 Å². The summed E-state index contributed by atoms with van der Waals surface area (Å²) in [5, 5.41) is 6.45. The zero-order valence-electron chi connectivity index (χ0n) is 23.5. The fraction of sp³-hybridized carbons (Fsp3) is 0.433. The molecule has 204 valence electrons. The molecule has 3 aromatic rings. The second kappa shape index (κ2) is 13.9. The zero-order chi connectivity index (χ0) is 27.5. The van der Waals surface area contributed by atoms with Crippen molar-refractivity contribution in [3.63, 3.8) is 0 Å². The summed E-state index contributed by atoms with van der Waals surface area (Å²) in [5.74, 6) is 1.12. The van der Waals surface area contributed by atoms with Crippen LogP contribution in [0.25, 0.3) is 11.1 Å². The molecule has 1 atom stereocenters. The molecular formula is C30H41N5O3. The number of carbonyl (C=O) groups excluding carboxylic acids is 1. The van der Waals surface area contributed by atoms with Crippen LogP contribution >= 0.6 is 0 Å². The van der Waals surface area contributed by atoms with Gasteiger partial charge in [0.15, 0.2) is 0 Å². The Balaban J connectivity index is 1.48. The molecule has 0 amide bonds. The Kier molecular flexibility index (Phi) is 10.6. The molecule has 3 rings (SSSR count). The first-order valence-corrected chi connectivity index (χ1v) is 13.3. The molecule has 0 saturated carbocycles. The Hall–Kier alpha value is -3.49. The van der Waals surface area contributed by atoms with E-state index >= 15 is 0 Å². The van der Waals surface area contributed by atoms with Crippen molar-refractivity contribution in [2.24, 2.45) is 0 Å². The number of carbonyl (C=O) groups is 1. The van der Waals surface area contributed by atoms with Gasteiger partial charge in [0.2, 0.25) is 5.95 Å². The average molecular weight is 520 g/mol. The molecule has 8 nitrogen and oxygen atoms in total. The first kappa shape index (κ1) is 29.1.